The Balaban J connectivity index is 2.61. The van der Waals surface area contributed by atoms with Gasteiger partial charge in [-0.25, -0.2) is 0 Å². The quantitative estimate of drug-likeness (QED) is 0.803. The Labute approximate surface area is 104 Å². The van der Waals surface area contributed by atoms with E-state index in [1.807, 2.05) is 13.8 Å². The molecule has 1 saturated heterocycles. The molecule has 1 aliphatic heterocycles. The van der Waals surface area contributed by atoms with Crippen LogP contribution in [0.2, 0.25) is 0 Å². The largest absolute Gasteiger partial charge is 0.340 e. The molecule has 1 aliphatic rings. The fourth-order valence-electron chi connectivity index (χ4n) is 2.32. The molecule has 3 atom stereocenters. The molecule has 0 bridgehead atoms. The third kappa shape index (κ3) is 3.71. The maximum Gasteiger partial charge on any atom is 0.240 e. The Kier molecular flexibility index (Phi) is 5.43. The molecule has 1 amide bonds. The van der Waals surface area contributed by atoms with Crippen molar-refractivity contribution in [2.75, 3.05) is 19.6 Å². The van der Waals surface area contributed by atoms with E-state index in [0.717, 1.165) is 19.4 Å². The summed E-state index contributed by atoms with van der Waals surface area (Å²) in [6.07, 6.45) is 2.25. The smallest absolute Gasteiger partial charge is 0.240 e. The summed E-state index contributed by atoms with van der Waals surface area (Å²) in [5.74, 6) is 0.447. The molecule has 0 aliphatic carbocycles. The molecule has 0 aromatic rings. The number of nitriles is 1. The van der Waals surface area contributed by atoms with Crippen molar-refractivity contribution in [1.82, 2.24) is 10.2 Å². The average Bonchev–Trinajstić information content (AvgIpc) is 2.35. The Bertz CT molecular complexity index is 298. The van der Waals surface area contributed by atoms with Crippen LogP contribution in [-0.2, 0) is 4.79 Å². The zero-order chi connectivity index (χ0) is 12.8. The number of likely N-dealkylation sites (N-methyl/N-ethyl adjacent to an activating group) is 1. The van der Waals surface area contributed by atoms with E-state index in [1.54, 1.807) is 4.90 Å². The van der Waals surface area contributed by atoms with E-state index in [4.69, 9.17) is 5.26 Å². The minimum Gasteiger partial charge on any atom is -0.340 e. The lowest BCUT2D eigenvalue weighted by atomic mass is 9.91. The van der Waals surface area contributed by atoms with Crippen molar-refractivity contribution in [1.29, 1.82) is 5.26 Å². The molecule has 96 valence electrons. The summed E-state index contributed by atoms with van der Waals surface area (Å²) in [7, 11) is 0. The lowest BCUT2D eigenvalue weighted by Crippen LogP contribution is -2.52. The van der Waals surface area contributed by atoms with E-state index < -0.39 is 0 Å². The molecule has 1 heterocycles. The van der Waals surface area contributed by atoms with Gasteiger partial charge >= 0.3 is 0 Å². The number of carbonyl (C=O) groups excluding carboxylic acids is 1. The summed E-state index contributed by atoms with van der Waals surface area (Å²) in [6, 6.07) is 2.12. The molecule has 0 spiro atoms. The second-order valence-electron chi connectivity index (χ2n) is 4.96. The number of hydrogen-bond acceptors (Lipinski definition) is 3. The van der Waals surface area contributed by atoms with Crippen LogP contribution in [0.25, 0.3) is 0 Å². The van der Waals surface area contributed by atoms with Crippen molar-refractivity contribution in [3.63, 3.8) is 0 Å². The lowest BCUT2D eigenvalue weighted by Gasteiger charge is -2.33. The minimum absolute atomic E-state index is 0.0606. The van der Waals surface area contributed by atoms with Crippen molar-refractivity contribution >= 4 is 5.91 Å². The van der Waals surface area contributed by atoms with Crippen LogP contribution in [0.15, 0.2) is 0 Å². The maximum absolute atomic E-state index is 12.3. The first-order chi connectivity index (χ1) is 8.10. The van der Waals surface area contributed by atoms with Crippen molar-refractivity contribution < 1.29 is 4.79 Å². The second kappa shape index (κ2) is 6.61. The highest BCUT2D eigenvalue weighted by atomic mass is 16.2. The standard InChI is InChI=1S/C13H23N3O/c1-4-16(9-10(2)8-14)13(17)12-11(3)6-5-7-15-12/h10-12,15H,4-7,9H2,1-3H3. The molecule has 3 unspecified atom stereocenters. The third-order valence-corrected chi connectivity index (χ3v) is 3.44. The zero-order valence-corrected chi connectivity index (χ0v) is 11.1. The van der Waals surface area contributed by atoms with E-state index in [-0.39, 0.29) is 17.9 Å². The van der Waals surface area contributed by atoms with Gasteiger partial charge in [0.15, 0.2) is 0 Å². The number of amides is 1. The maximum atomic E-state index is 12.3. The Hall–Kier alpha value is -1.08. The van der Waals surface area contributed by atoms with E-state index in [1.165, 1.54) is 0 Å². The highest BCUT2D eigenvalue weighted by Crippen LogP contribution is 2.17. The van der Waals surface area contributed by atoms with Gasteiger partial charge in [-0.15, -0.1) is 0 Å². The molecule has 4 nitrogen and oxygen atoms in total. The van der Waals surface area contributed by atoms with Crippen LogP contribution in [0.4, 0.5) is 0 Å². The molecular formula is C13H23N3O. The topological polar surface area (TPSA) is 56.1 Å². The normalized spacial score (nSPS) is 26.0. The second-order valence-corrected chi connectivity index (χ2v) is 4.96. The highest BCUT2D eigenvalue weighted by Gasteiger charge is 2.30. The fraction of sp³-hybridized carbons (Fsp3) is 0.846. The number of piperidine rings is 1. The summed E-state index contributed by atoms with van der Waals surface area (Å²) in [4.78, 5) is 14.1. The van der Waals surface area contributed by atoms with Gasteiger partial charge in [-0.1, -0.05) is 6.92 Å². The van der Waals surface area contributed by atoms with Crippen molar-refractivity contribution in [2.24, 2.45) is 11.8 Å². The van der Waals surface area contributed by atoms with Gasteiger partial charge in [0.25, 0.3) is 0 Å². The van der Waals surface area contributed by atoms with Gasteiger partial charge in [-0.05, 0) is 39.2 Å². The monoisotopic (exact) mass is 237 g/mol. The van der Waals surface area contributed by atoms with Crippen LogP contribution >= 0.6 is 0 Å². The van der Waals surface area contributed by atoms with E-state index in [2.05, 4.69) is 18.3 Å². The van der Waals surface area contributed by atoms with E-state index >= 15 is 0 Å². The summed E-state index contributed by atoms with van der Waals surface area (Å²) >= 11 is 0. The fourth-order valence-corrected chi connectivity index (χ4v) is 2.32. The molecule has 4 heteroatoms. The molecular weight excluding hydrogens is 214 g/mol. The first kappa shape index (κ1) is 14.0. The number of hydrogen-bond donors (Lipinski definition) is 1. The summed E-state index contributed by atoms with van der Waals surface area (Å²) in [6.45, 7) is 8.08. The predicted molar refractivity (Wildman–Crippen MR) is 67.2 cm³/mol. The SMILES string of the molecule is CCN(CC(C)C#N)C(=O)C1NCCCC1C. The first-order valence-corrected chi connectivity index (χ1v) is 6.52. The highest BCUT2D eigenvalue weighted by molar-refractivity contribution is 5.82. The van der Waals surface area contributed by atoms with Gasteiger partial charge < -0.3 is 10.2 Å². The van der Waals surface area contributed by atoms with Crippen molar-refractivity contribution in [3.8, 4) is 6.07 Å². The molecule has 1 rings (SSSR count). The summed E-state index contributed by atoms with van der Waals surface area (Å²) in [5.41, 5.74) is 0. The van der Waals surface area contributed by atoms with Gasteiger partial charge in [0.2, 0.25) is 5.91 Å². The number of rotatable bonds is 4. The predicted octanol–water partition coefficient (Wildman–Crippen LogP) is 1.38. The van der Waals surface area contributed by atoms with Crippen molar-refractivity contribution in [3.05, 3.63) is 0 Å². The summed E-state index contributed by atoms with van der Waals surface area (Å²) in [5, 5.41) is 12.1. The van der Waals surface area contributed by atoms with Crippen molar-refractivity contribution in [2.45, 2.75) is 39.7 Å². The lowest BCUT2D eigenvalue weighted by molar-refractivity contribution is -0.135. The van der Waals surface area contributed by atoms with Gasteiger partial charge in [0, 0.05) is 13.1 Å². The molecule has 0 saturated carbocycles. The summed E-state index contributed by atoms with van der Waals surface area (Å²) < 4.78 is 0. The van der Waals surface area contributed by atoms with Crippen LogP contribution in [-0.4, -0.2) is 36.5 Å². The Morgan fingerprint density at radius 1 is 1.65 bits per heavy atom. The minimum atomic E-state index is -0.0993. The molecule has 1 fully saturated rings. The van der Waals surface area contributed by atoms with Gasteiger partial charge in [-0.2, -0.15) is 5.26 Å². The van der Waals surface area contributed by atoms with Crippen LogP contribution in [0.5, 0.6) is 0 Å². The van der Waals surface area contributed by atoms with E-state index in [0.29, 0.717) is 19.0 Å². The average molecular weight is 237 g/mol. The van der Waals surface area contributed by atoms with Crippen LogP contribution in [0.3, 0.4) is 0 Å². The molecule has 1 N–H and O–H groups in total. The van der Waals surface area contributed by atoms with Gasteiger partial charge in [0.1, 0.15) is 0 Å². The van der Waals surface area contributed by atoms with Crippen LogP contribution in [0.1, 0.15) is 33.6 Å². The molecule has 0 aromatic carbocycles. The number of carbonyl (C=O) groups is 1. The van der Waals surface area contributed by atoms with Gasteiger partial charge in [0.05, 0.1) is 18.0 Å². The number of nitrogens with one attached hydrogen (secondary N) is 1. The third-order valence-electron chi connectivity index (χ3n) is 3.44. The van der Waals surface area contributed by atoms with E-state index in [9.17, 15) is 4.79 Å². The molecule has 17 heavy (non-hydrogen) atoms. The Morgan fingerprint density at radius 2 is 2.35 bits per heavy atom. The van der Waals surface area contributed by atoms with Gasteiger partial charge in [-0.3, -0.25) is 4.79 Å². The molecule has 0 aromatic heterocycles. The number of nitrogens with zero attached hydrogens (tertiary/aromatic N) is 2. The zero-order valence-electron chi connectivity index (χ0n) is 11.1. The molecule has 0 radical (unpaired) electrons. The van der Waals surface area contributed by atoms with Crippen LogP contribution in [0, 0.1) is 23.2 Å². The Morgan fingerprint density at radius 3 is 2.88 bits per heavy atom. The first-order valence-electron chi connectivity index (χ1n) is 6.52. The van der Waals surface area contributed by atoms with Crippen LogP contribution < -0.4 is 5.32 Å².